The Kier molecular flexibility index (Phi) is 3.72. The maximum Gasteiger partial charge on any atom is 0.153 e. The van der Waals surface area contributed by atoms with Gasteiger partial charge in [-0.05, 0) is 24.5 Å². The van der Waals surface area contributed by atoms with Crippen LogP contribution in [-0.2, 0) is 0 Å². The smallest absolute Gasteiger partial charge is 0.153 e. The number of rotatable bonds is 5. The molecule has 0 bridgehead atoms. The fourth-order valence-corrected chi connectivity index (χ4v) is 2.12. The quantitative estimate of drug-likeness (QED) is 0.747. The molecule has 0 saturated heterocycles. The van der Waals surface area contributed by atoms with E-state index in [2.05, 4.69) is 0 Å². The third-order valence-corrected chi connectivity index (χ3v) is 3.13. The second-order valence-electron chi connectivity index (χ2n) is 4.00. The summed E-state index contributed by atoms with van der Waals surface area (Å²) in [5.74, 6) is 1.24. The second kappa shape index (κ2) is 5.07. The van der Waals surface area contributed by atoms with E-state index in [4.69, 9.17) is 27.9 Å². The molecule has 1 aliphatic carbocycles. The maximum absolute atomic E-state index is 10.8. The predicted octanol–water partition coefficient (Wildman–Crippen LogP) is 3.98. The van der Waals surface area contributed by atoms with Crippen LogP contribution in [0.25, 0.3) is 0 Å². The average molecular weight is 259 g/mol. The minimum Gasteiger partial charge on any atom is -0.491 e. The number of aldehydes is 1. The summed E-state index contributed by atoms with van der Waals surface area (Å²) in [6.07, 6.45) is 4.32. The molecule has 2 rings (SSSR count). The molecule has 0 aromatic heterocycles. The second-order valence-corrected chi connectivity index (χ2v) is 4.85. The van der Waals surface area contributed by atoms with Gasteiger partial charge in [0.2, 0.25) is 0 Å². The van der Waals surface area contributed by atoms with E-state index < -0.39 is 0 Å². The molecule has 1 saturated carbocycles. The maximum atomic E-state index is 10.8. The molecule has 2 nitrogen and oxygen atoms in total. The zero-order valence-electron chi connectivity index (χ0n) is 8.71. The molecule has 0 amide bonds. The highest BCUT2D eigenvalue weighted by Crippen LogP contribution is 2.34. The summed E-state index contributed by atoms with van der Waals surface area (Å²) in [6.45, 7) is 0.604. The van der Waals surface area contributed by atoms with Gasteiger partial charge in [-0.25, -0.2) is 0 Å². The molecule has 0 atom stereocenters. The molecule has 0 spiro atoms. The third-order valence-electron chi connectivity index (χ3n) is 2.63. The molecule has 1 aromatic rings. The Morgan fingerprint density at radius 2 is 2.12 bits per heavy atom. The van der Waals surface area contributed by atoms with Crippen LogP contribution >= 0.6 is 23.2 Å². The summed E-state index contributed by atoms with van der Waals surface area (Å²) < 4.78 is 5.54. The SMILES string of the molecule is O=Cc1cc(Cl)cc(Cl)c1OCCC1CC1. The molecule has 1 fully saturated rings. The van der Waals surface area contributed by atoms with E-state index >= 15 is 0 Å². The van der Waals surface area contributed by atoms with Gasteiger partial charge in [0.15, 0.2) is 6.29 Å². The summed E-state index contributed by atoms with van der Waals surface area (Å²) in [6, 6.07) is 3.15. The van der Waals surface area contributed by atoms with Crippen molar-refractivity contribution in [2.75, 3.05) is 6.61 Å². The first-order valence-corrected chi connectivity index (χ1v) is 6.03. The largest absolute Gasteiger partial charge is 0.491 e. The van der Waals surface area contributed by atoms with Crippen molar-refractivity contribution in [3.05, 3.63) is 27.7 Å². The zero-order chi connectivity index (χ0) is 11.5. The van der Waals surface area contributed by atoms with Crippen molar-refractivity contribution >= 4 is 29.5 Å². The first kappa shape index (κ1) is 11.7. The van der Waals surface area contributed by atoms with Crippen LogP contribution < -0.4 is 4.74 Å². The lowest BCUT2D eigenvalue weighted by Crippen LogP contribution is -2.01. The first-order valence-electron chi connectivity index (χ1n) is 5.27. The Balaban J connectivity index is 2.07. The minimum absolute atomic E-state index is 0.394. The molecule has 16 heavy (non-hydrogen) atoms. The molecule has 0 N–H and O–H groups in total. The van der Waals surface area contributed by atoms with Crippen molar-refractivity contribution in [3.8, 4) is 5.75 Å². The van der Waals surface area contributed by atoms with Crippen LogP contribution in [0.15, 0.2) is 12.1 Å². The third kappa shape index (κ3) is 2.89. The lowest BCUT2D eigenvalue weighted by atomic mass is 10.2. The molecule has 1 aliphatic rings. The van der Waals surface area contributed by atoms with Gasteiger partial charge < -0.3 is 4.74 Å². The van der Waals surface area contributed by atoms with Gasteiger partial charge in [0.05, 0.1) is 17.2 Å². The van der Waals surface area contributed by atoms with Crippen LogP contribution in [0, 0.1) is 5.92 Å². The Morgan fingerprint density at radius 1 is 1.38 bits per heavy atom. The van der Waals surface area contributed by atoms with Crippen molar-refractivity contribution in [2.45, 2.75) is 19.3 Å². The summed E-state index contributed by atoms with van der Waals surface area (Å²) in [4.78, 5) is 10.8. The molecular weight excluding hydrogens is 247 g/mol. The van der Waals surface area contributed by atoms with E-state index in [0.717, 1.165) is 12.3 Å². The first-order chi connectivity index (χ1) is 7.70. The Hall–Kier alpha value is -0.730. The highest BCUT2D eigenvalue weighted by molar-refractivity contribution is 6.36. The lowest BCUT2D eigenvalue weighted by molar-refractivity contribution is 0.111. The van der Waals surface area contributed by atoms with Gasteiger partial charge in [0.1, 0.15) is 5.75 Å². The Morgan fingerprint density at radius 3 is 2.75 bits per heavy atom. The Bertz CT molecular complexity index is 400. The van der Waals surface area contributed by atoms with Gasteiger partial charge in [0, 0.05) is 5.02 Å². The number of carbonyl (C=O) groups excluding carboxylic acids is 1. The van der Waals surface area contributed by atoms with Crippen LogP contribution in [0.4, 0.5) is 0 Å². The van der Waals surface area contributed by atoms with Crippen LogP contribution in [-0.4, -0.2) is 12.9 Å². The molecule has 4 heteroatoms. The standard InChI is InChI=1S/C12H12Cl2O2/c13-10-5-9(7-15)12(11(14)6-10)16-4-3-8-1-2-8/h5-8H,1-4H2. The molecule has 0 aliphatic heterocycles. The van der Waals surface area contributed by atoms with E-state index in [1.807, 2.05) is 0 Å². The number of ether oxygens (including phenoxy) is 1. The normalized spacial score (nSPS) is 14.9. The van der Waals surface area contributed by atoms with Crippen LogP contribution in [0.5, 0.6) is 5.75 Å². The van der Waals surface area contributed by atoms with Gasteiger partial charge in [-0.15, -0.1) is 0 Å². The summed E-state index contributed by atoms with van der Waals surface area (Å²) in [5, 5.41) is 0.840. The minimum atomic E-state index is 0.394. The summed E-state index contributed by atoms with van der Waals surface area (Å²) >= 11 is 11.8. The van der Waals surface area contributed by atoms with Gasteiger partial charge >= 0.3 is 0 Å². The summed E-state index contributed by atoms with van der Waals surface area (Å²) in [7, 11) is 0. The lowest BCUT2D eigenvalue weighted by Gasteiger charge is -2.10. The van der Waals surface area contributed by atoms with Crippen molar-refractivity contribution in [1.29, 1.82) is 0 Å². The van der Waals surface area contributed by atoms with E-state index in [1.54, 1.807) is 12.1 Å². The fourth-order valence-electron chi connectivity index (χ4n) is 1.55. The highest BCUT2D eigenvalue weighted by atomic mass is 35.5. The number of hydrogen-bond donors (Lipinski definition) is 0. The van der Waals surface area contributed by atoms with E-state index in [0.29, 0.717) is 34.3 Å². The highest BCUT2D eigenvalue weighted by Gasteiger charge is 2.21. The fraction of sp³-hybridized carbons (Fsp3) is 0.417. The number of hydrogen-bond acceptors (Lipinski definition) is 2. The summed E-state index contributed by atoms with van der Waals surface area (Å²) in [5.41, 5.74) is 0.410. The number of benzene rings is 1. The van der Waals surface area contributed by atoms with Crippen molar-refractivity contribution in [1.82, 2.24) is 0 Å². The molecule has 0 radical (unpaired) electrons. The van der Waals surface area contributed by atoms with Gasteiger partial charge in [0.25, 0.3) is 0 Å². The van der Waals surface area contributed by atoms with E-state index in [1.165, 1.54) is 12.8 Å². The van der Waals surface area contributed by atoms with Crippen molar-refractivity contribution < 1.29 is 9.53 Å². The average Bonchev–Trinajstić information content (AvgIpc) is 3.04. The van der Waals surface area contributed by atoms with E-state index in [-0.39, 0.29) is 0 Å². The van der Waals surface area contributed by atoms with Crippen LogP contribution in [0.2, 0.25) is 10.0 Å². The van der Waals surface area contributed by atoms with Gasteiger partial charge in [-0.1, -0.05) is 36.0 Å². The monoisotopic (exact) mass is 258 g/mol. The molecule has 0 heterocycles. The zero-order valence-corrected chi connectivity index (χ0v) is 10.2. The number of carbonyl (C=O) groups is 1. The molecular formula is C12H12Cl2O2. The number of halogens is 2. The van der Waals surface area contributed by atoms with E-state index in [9.17, 15) is 4.79 Å². The molecule has 86 valence electrons. The Labute approximate surface area is 104 Å². The molecule has 0 unspecified atom stereocenters. The van der Waals surface area contributed by atoms with Crippen LogP contribution in [0.3, 0.4) is 0 Å². The van der Waals surface area contributed by atoms with Crippen LogP contribution in [0.1, 0.15) is 29.6 Å². The van der Waals surface area contributed by atoms with Gasteiger partial charge in [-0.3, -0.25) is 4.79 Å². The topological polar surface area (TPSA) is 26.3 Å². The van der Waals surface area contributed by atoms with Gasteiger partial charge in [-0.2, -0.15) is 0 Å². The molecule has 1 aromatic carbocycles. The van der Waals surface area contributed by atoms with Crippen molar-refractivity contribution in [3.63, 3.8) is 0 Å². The van der Waals surface area contributed by atoms with Crippen molar-refractivity contribution in [2.24, 2.45) is 5.92 Å². The predicted molar refractivity (Wildman–Crippen MR) is 64.7 cm³/mol.